The fourth-order valence-electron chi connectivity index (χ4n) is 3.87. The molecule has 5 nitrogen and oxygen atoms in total. The molecule has 0 N–H and O–H groups in total. The molecule has 0 spiro atoms. The topological polar surface area (TPSA) is 45.5 Å². The predicted molar refractivity (Wildman–Crippen MR) is 95.9 cm³/mol. The van der Waals surface area contributed by atoms with Crippen LogP contribution in [-0.4, -0.2) is 29.8 Å². The average Bonchev–Trinajstić information content (AvgIpc) is 3.34. The largest absolute Gasteiger partial charge is 0.493 e. The zero-order valence-electron chi connectivity index (χ0n) is 14.8. The molecule has 2 heterocycles. The molecule has 1 aliphatic carbocycles. The molecule has 2 fully saturated rings. The summed E-state index contributed by atoms with van der Waals surface area (Å²) < 4.78 is 19.3. The van der Waals surface area contributed by atoms with E-state index < -0.39 is 0 Å². The third-order valence-corrected chi connectivity index (χ3v) is 5.20. The van der Waals surface area contributed by atoms with E-state index in [1.54, 1.807) is 7.11 Å². The van der Waals surface area contributed by atoms with Gasteiger partial charge in [0.15, 0.2) is 17.8 Å². The predicted octanol–water partition coefficient (Wildman–Crippen LogP) is 4.58. The minimum absolute atomic E-state index is 0.174. The maximum Gasteiger partial charge on any atom is 0.200 e. The first-order valence-corrected chi connectivity index (χ1v) is 9.35. The first-order valence-electron chi connectivity index (χ1n) is 9.35. The van der Waals surface area contributed by atoms with E-state index in [0.717, 1.165) is 42.2 Å². The maximum atomic E-state index is 6.04. The van der Waals surface area contributed by atoms with Gasteiger partial charge in [0.2, 0.25) is 0 Å². The average molecular weight is 342 g/mol. The third-order valence-electron chi connectivity index (χ3n) is 5.20. The van der Waals surface area contributed by atoms with Gasteiger partial charge in [-0.3, -0.25) is 4.68 Å². The van der Waals surface area contributed by atoms with Gasteiger partial charge in [0, 0.05) is 18.2 Å². The number of nitrogens with zero attached hydrogens (tertiary/aromatic N) is 2. The zero-order valence-corrected chi connectivity index (χ0v) is 14.8. The summed E-state index contributed by atoms with van der Waals surface area (Å²) in [6, 6.07) is 8.70. The van der Waals surface area contributed by atoms with Gasteiger partial charge >= 0.3 is 0 Å². The molecule has 2 aromatic rings. The smallest absolute Gasteiger partial charge is 0.200 e. The molecule has 1 aliphatic heterocycles. The second kappa shape index (κ2) is 7.48. The Labute approximate surface area is 148 Å². The number of hydrogen-bond acceptors (Lipinski definition) is 4. The van der Waals surface area contributed by atoms with Crippen LogP contribution in [0, 0.1) is 0 Å². The van der Waals surface area contributed by atoms with Gasteiger partial charge in [-0.2, -0.15) is 5.10 Å². The maximum absolute atomic E-state index is 6.04. The minimum Gasteiger partial charge on any atom is -0.493 e. The minimum atomic E-state index is -0.174. The summed E-state index contributed by atoms with van der Waals surface area (Å²) in [7, 11) is 1.67. The lowest BCUT2D eigenvalue weighted by atomic mass is 9.95. The summed E-state index contributed by atoms with van der Waals surface area (Å²) in [5, 5.41) is 4.61. The number of hydrogen-bond donors (Lipinski definition) is 0. The number of rotatable bonds is 5. The lowest BCUT2D eigenvalue weighted by Crippen LogP contribution is -2.16. The van der Waals surface area contributed by atoms with Crippen molar-refractivity contribution in [2.75, 3.05) is 13.7 Å². The molecule has 5 heteroatoms. The van der Waals surface area contributed by atoms with Crippen LogP contribution in [0.2, 0.25) is 0 Å². The molecule has 1 aromatic carbocycles. The SMILES string of the molecule is COc1ccc(-c2ccnn2C2CCCCC2)cc1OC1CCCO1. The Hall–Kier alpha value is -2.01. The standard InChI is InChI=1S/C20H26N2O3/c1-23-18-10-9-15(14-19(18)25-20-8-5-13-24-20)17-11-12-21-22(17)16-6-3-2-4-7-16/h9-12,14,16,20H,2-8,13H2,1H3. The van der Waals surface area contributed by atoms with E-state index in [1.807, 2.05) is 12.3 Å². The monoisotopic (exact) mass is 342 g/mol. The number of aromatic nitrogens is 2. The highest BCUT2D eigenvalue weighted by Crippen LogP contribution is 2.36. The first-order chi connectivity index (χ1) is 12.3. The summed E-state index contributed by atoms with van der Waals surface area (Å²) in [5.41, 5.74) is 2.25. The van der Waals surface area contributed by atoms with E-state index in [9.17, 15) is 0 Å². The van der Waals surface area contributed by atoms with E-state index in [2.05, 4.69) is 28.0 Å². The molecule has 0 amide bonds. The van der Waals surface area contributed by atoms with Crippen molar-refractivity contribution in [1.29, 1.82) is 0 Å². The van der Waals surface area contributed by atoms with E-state index in [0.29, 0.717) is 6.04 Å². The molecular weight excluding hydrogens is 316 g/mol. The van der Waals surface area contributed by atoms with Gasteiger partial charge in [0.25, 0.3) is 0 Å². The van der Waals surface area contributed by atoms with Gasteiger partial charge in [0.1, 0.15) is 0 Å². The van der Waals surface area contributed by atoms with Crippen LogP contribution >= 0.6 is 0 Å². The van der Waals surface area contributed by atoms with Crippen molar-refractivity contribution in [3.63, 3.8) is 0 Å². The van der Waals surface area contributed by atoms with Gasteiger partial charge in [-0.15, -0.1) is 0 Å². The summed E-state index contributed by atoms with van der Waals surface area (Å²) in [5.74, 6) is 1.48. The second-order valence-electron chi connectivity index (χ2n) is 6.88. The van der Waals surface area contributed by atoms with Gasteiger partial charge in [0.05, 0.1) is 25.5 Å². The molecule has 1 aromatic heterocycles. The number of methoxy groups -OCH3 is 1. The number of ether oxygens (including phenoxy) is 3. The Morgan fingerprint density at radius 2 is 1.92 bits per heavy atom. The van der Waals surface area contributed by atoms with Gasteiger partial charge < -0.3 is 14.2 Å². The molecule has 2 aliphatic rings. The fraction of sp³-hybridized carbons (Fsp3) is 0.550. The van der Waals surface area contributed by atoms with Crippen LogP contribution < -0.4 is 9.47 Å². The van der Waals surface area contributed by atoms with E-state index in [1.165, 1.54) is 32.1 Å². The van der Waals surface area contributed by atoms with E-state index in [-0.39, 0.29) is 6.29 Å². The van der Waals surface area contributed by atoms with Crippen LogP contribution in [0.15, 0.2) is 30.5 Å². The molecule has 4 rings (SSSR count). The Bertz CT molecular complexity index is 701. The molecule has 1 saturated carbocycles. The highest BCUT2D eigenvalue weighted by Gasteiger charge is 2.22. The zero-order chi connectivity index (χ0) is 17.1. The second-order valence-corrected chi connectivity index (χ2v) is 6.88. The molecule has 1 atom stereocenters. The fourth-order valence-corrected chi connectivity index (χ4v) is 3.87. The highest BCUT2D eigenvalue weighted by molar-refractivity contribution is 5.64. The van der Waals surface area contributed by atoms with E-state index in [4.69, 9.17) is 14.2 Å². The van der Waals surface area contributed by atoms with Crippen molar-refractivity contribution in [3.8, 4) is 22.8 Å². The molecule has 134 valence electrons. The van der Waals surface area contributed by atoms with Crippen LogP contribution in [0.5, 0.6) is 11.5 Å². The van der Waals surface area contributed by atoms with Crippen LogP contribution in [-0.2, 0) is 4.74 Å². The molecule has 1 unspecified atom stereocenters. The molecule has 25 heavy (non-hydrogen) atoms. The molecule has 0 bridgehead atoms. The normalized spacial score (nSPS) is 21.4. The lowest BCUT2D eigenvalue weighted by molar-refractivity contribution is -0.0402. The van der Waals surface area contributed by atoms with Crippen molar-refractivity contribution in [3.05, 3.63) is 30.5 Å². The van der Waals surface area contributed by atoms with Crippen molar-refractivity contribution in [2.24, 2.45) is 0 Å². The van der Waals surface area contributed by atoms with E-state index >= 15 is 0 Å². The third kappa shape index (κ3) is 3.52. The summed E-state index contributed by atoms with van der Waals surface area (Å²) >= 11 is 0. The van der Waals surface area contributed by atoms with Crippen LogP contribution in [0.4, 0.5) is 0 Å². The molecular formula is C20H26N2O3. The Morgan fingerprint density at radius 3 is 2.68 bits per heavy atom. The Morgan fingerprint density at radius 1 is 1.04 bits per heavy atom. The Kier molecular flexibility index (Phi) is 4.92. The van der Waals surface area contributed by atoms with Crippen LogP contribution in [0.3, 0.4) is 0 Å². The summed E-state index contributed by atoms with van der Waals surface area (Å²) in [4.78, 5) is 0. The van der Waals surface area contributed by atoms with Crippen LogP contribution in [0.1, 0.15) is 51.0 Å². The van der Waals surface area contributed by atoms with Gasteiger partial charge in [-0.1, -0.05) is 19.3 Å². The Balaban J connectivity index is 1.63. The lowest BCUT2D eigenvalue weighted by Gasteiger charge is -2.24. The first kappa shape index (κ1) is 16.5. The van der Waals surface area contributed by atoms with Gasteiger partial charge in [-0.25, -0.2) is 0 Å². The van der Waals surface area contributed by atoms with Gasteiger partial charge in [-0.05, 0) is 43.5 Å². The van der Waals surface area contributed by atoms with Crippen molar-refractivity contribution < 1.29 is 14.2 Å². The van der Waals surface area contributed by atoms with Crippen molar-refractivity contribution in [2.45, 2.75) is 57.3 Å². The number of benzene rings is 1. The van der Waals surface area contributed by atoms with Crippen molar-refractivity contribution >= 4 is 0 Å². The molecule has 1 saturated heterocycles. The summed E-state index contributed by atoms with van der Waals surface area (Å²) in [6.07, 6.45) is 10.0. The molecule has 0 radical (unpaired) electrons. The highest BCUT2D eigenvalue weighted by atomic mass is 16.7. The summed E-state index contributed by atoms with van der Waals surface area (Å²) in [6.45, 7) is 0.765. The van der Waals surface area contributed by atoms with Crippen molar-refractivity contribution in [1.82, 2.24) is 9.78 Å². The van der Waals surface area contributed by atoms with Crippen LogP contribution in [0.25, 0.3) is 11.3 Å². The quantitative estimate of drug-likeness (QED) is 0.798.